The van der Waals surface area contributed by atoms with Crippen LogP contribution in [0.2, 0.25) is 0 Å². The molecule has 0 fully saturated rings. The fourth-order valence-electron chi connectivity index (χ4n) is 7.21. The van der Waals surface area contributed by atoms with Crippen LogP contribution >= 0.6 is 0 Å². The zero-order valence-corrected chi connectivity index (χ0v) is 45.7. The van der Waals surface area contributed by atoms with Crippen LogP contribution in [0.5, 0.6) is 11.5 Å². The number of phenolic OH excluding ortho intramolecular Hbond substituents is 1. The zero-order valence-electron chi connectivity index (χ0n) is 42.4. The Kier molecular flexibility index (Phi) is 22.2. The molecule has 79 heavy (non-hydrogen) atoms. The number of para-hydroxylation sites is 1. The van der Waals surface area contributed by atoms with Gasteiger partial charge in [-0.05, 0) is 164 Å². The largest absolute Gasteiger partial charge is 0.505 e. The summed E-state index contributed by atoms with van der Waals surface area (Å²) in [6, 6.07) is 44.2. The summed E-state index contributed by atoms with van der Waals surface area (Å²) in [6.45, 7) is 9.55. The van der Waals surface area contributed by atoms with Crippen LogP contribution in [0.3, 0.4) is 0 Å². The number of ether oxygens (including phenoxy) is 1. The van der Waals surface area contributed by atoms with Crippen LogP contribution in [0.4, 0.5) is 56.9 Å². The Morgan fingerprint density at radius 3 is 1.39 bits per heavy atom. The molecule has 0 aromatic heterocycles. The van der Waals surface area contributed by atoms with Crippen LogP contribution in [0.1, 0.15) is 34.2 Å². The lowest BCUT2D eigenvalue weighted by Crippen LogP contribution is -2.08. The summed E-state index contributed by atoms with van der Waals surface area (Å²) >= 11 is 0. The van der Waals surface area contributed by atoms with E-state index in [1.807, 2.05) is 156 Å². The van der Waals surface area contributed by atoms with Gasteiger partial charge in [0.05, 0.1) is 46.5 Å². The summed E-state index contributed by atoms with van der Waals surface area (Å²) in [5.41, 5.74) is 10.5. The minimum atomic E-state index is -4.15. The average molecular weight is 1150 g/mol. The van der Waals surface area contributed by atoms with Crippen molar-refractivity contribution >= 4 is 120 Å². The van der Waals surface area contributed by atoms with Crippen molar-refractivity contribution in [3.63, 3.8) is 0 Å². The van der Waals surface area contributed by atoms with Crippen molar-refractivity contribution in [3.8, 4) is 11.5 Å². The molecule has 3 N–H and O–H groups in total. The van der Waals surface area contributed by atoms with Crippen LogP contribution in [0.25, 0.3) is 21.5 Å². The monoisotopic (exact) mass is 1150 g/mol. The van der Waals surface area contributed by atoms with E-state index in [9.17, 15) is 18.1 Å². The summed E-state index contributed by atoms with van der Waals surface area (Å²) in [4.78, 5) is 0. The van der Waals surface area contributed by atoms with Crippen molar-refractivity contribution < 1.29 is 60.7 Å². The molecule has 0 saturated heterocycles. The van der Waals surface area contributed by atoms with Crippen molar-refractivity contribution in [1.29, 1.82) is 0 Å². The van der Waals surface area contributed by atoms with Crippen LogP contribution in [-0.2, 0) is 41.9 Å². The molecule has 0 atom stereocenters. The van der Waals surface area contributed by atoms with Crippen LogP contribution in [0, 0.1) is 34.6 Å². The number of fused-ring (bicyclic) bond motifs is 2. The highest BCUT2D eigenvalue weighted by Gasteiger charge is 2.13. The van der Waals surface area contributed by atoms with E-state index in [0.717, 1.165) is 55.4 Å². The van der Waals surface area contributed by atoms with E-state index in [2.05, 4.69) is 46.2 Å². The number of nitrogens with one attached hydrogen (secondary N) is 1. The van der Waals surface area contributed by atoms with Gasteiger partial charge < -0.3 is 15.2 Å². The smallest absolute Gasteiger partial charge is 0.425 e. The van der Waals surface area contributed by atoms with E-state index in [4.69, 9.17) is 42.6 Å². The standard InChI is InChI=1S/C52H47N9O5S.3O3S/c1-32-25-46(33(2)24-45(32)57-55-44-21-17-39-30-41(19-20-43(39)52(44)62)53-40-14-7-6-8-15-40)58-59-47-26-35(4)48(27-34(47)3)60-61-50-28-36(5)49(31-51(50)66-22-11-23-67(63,64)65)56-54-42-18-16-37-12-9-10-13-38(37)29-42;3*1-4(2)3/h6-10,12-21,24-31,53,62H,11,22-23H2,1-5H3,(H,63,64,65);;;. The van der Waals surface area contributed by atoms with E-state index in [1.54, 1.807) is 18.2 Å². The predicted octanol–water partition coefficient (Wildman–Crippen LogP) is 13.3. The fourth-order valence-corrected chi connectivity index (χ4v) is 7.69. The fraction of sp³-hybridized carbons (Fsp3) is 0.154. The quantitative estimate of drug-likeness (QED) is 0.0488. The van der Waals surface area contributed by atoms with Crippen molar-refractivity contribution in [2.24, 2.45) is 40.9 Å². The van der Waals surface area contributed by atoms with Gasteiger partial charge in [-0.3, -0.25) is 4.55 Å². The van der Waals surface area contributed by atoms with Gasteiger partial charge in [0.15, 0.2) is 5.75 Å². The second kappa shape index (κ2) is 28.8. The molecule has 0 unspecified atom stereocenters. The van der Waals surface area contributed by atoms with Gasteiger partial charge in [0.2, 0.25) is 0 Å². The highest BCUT2D eigenvalue weighted by molar-refractivity contribution is 7.85. The number of hydrogen-bond acceptors (Lipinski definition) is 22. The van der Waals surface area contributed by atoms with E-state index in [-0.39, 0.29) is 18.8 Å². The summed E-state index contributed by atoms with van der Waals surface area (Å²) in [7, 11) is -13.5. The number of hydrogen-bond donors (Lipinski definition) is 3. The van der Waals surface area contributed by atoms with Crippen molar-refractivity contribution in [3.05, 3.63) is 167 Å². The highest BCUT2D eigenvalue weighted by atomic mass is 32.2. The van der Waals surface area contributed by atoms with Crippen molar-refractivity contribution in [1.82, 2.24) is 0 Å². The van der Waals surface area contributed by atoms with Crippen LogP contribution in [-0.4, -0.2) is 68.3 Å². The van der Waals surface area contributed by atoms with Crippen molar-refractivity contribution in [2.45, 2.75) is 41.0 Å². The first-order valence-corrected chi connectivity index (χ1v) is 27.6. The lowest BCUT2D eigenvalue weighted by Gasteiger charge is -2.11. The molecule has 8 aromatic rings. The molecule has 408 valence electrons. The predicted molar refractivity (Wildman–Crippen MR) is 295 cm³/mol. The van der Waals surface area contributed by atoms with Gasteiger partial charge >= 0.3 is 31.8 Å². The topological polar surface area (TPSA) is 348 Å². The Balaban J connectivity index is 0.000000870. The maximum Gasteiger partial charge on any atom is 0.425 e. The third-order valence-corrected chi connectivity index (χ3v) is 11.8. The molecule has 0 heterocycles. The van der Waals surface area contributed by atoms with Gasteiger partial charge in [-0.2, -0.15) is 39.1 Å². The number of phenols is 1. The summed E-state index contributed by atoms with van der Waals surface area (Å²) in [5.74, 6) is -0.0670. The molecule has 0 aliphatic heterocycles. The summed E-state index contributed by atoms with van der Waals surface area (Å²) in [6.07, 6.45) is 0.0627. The molecule has 8 aromatic carbocycles. The molecule has 0 bridgehead atoms. The normalized spacial score (nSPS) is 11.2. The van der Waals surface area contributed by atoms with E-state index < -0.39 is 47.7 Å². The number of anilines is 2. The van der Waals surface area contributed by atoms with Crippen LogP contribution < -0.4 is 10.1 Å². The van der Waals surface area contributed by atoms with Crippen molar-refractivity contribution in [2.75, 3.05) is 17.7 Å². The molecule has 0 spiro atoms. The Morgan fingerprint density at radius 2 is 0.873 bits per heavy atom. The first-order chi connectivity index (χ1) is 37.5. The average Bonchev–Trinajstić information content (AvgIpc) is 3.42. The van der Waals surface area contributed by atoms with Crippen LogP contribution in [0.15, 0.2) is 180 Å². The number of nitrogens with zero attached hydrogens (tertiary/aromatic N) is 8. The Labute approximate surface area is 457 Å². The molecular weight excluding hydrogens is 1100 g/mol. The first kappa shape index (κ1) is 60.7. The molecular formula is C52H47N9O14S4. The minimum Gasteiger partial charge on any atom is -0.505 e. The number of aromatic hydroxyl groups is 1. The third-order valence-electron chi connectivity index (χ3n) is 10.9. The maximum atomic E-state index is 11.4. The highest BCUT2D eigenvalue weighted by Crippen LogP contribution is 2.40. The summed E-state index contributed by atoms with van der Waals surface area (Å²) < 4.78 is 114. The van der Waals surface area contributed by atoms with Gasteiger partial charge in [-0.25, -0.2) is 0 Å². The number of benzene rings is 8. The van der Waals surface area contributed by atoms with Gasteiger partial charge in [-0.1, -0.05) is 54.6 Å². The number of rotatable bonds is 15. The molecule has 23 nitrogen and oxygen atoms in total. The van der Waals surface area contributed by atoms with E-state index in [1.165, 1.54) is 0 Å². The lowest BCUT2D eigenvalue weighted by molar-refractivity contribution is 0.317. The number of aryl methyl sites for hydroxylation is 5. The van der Waals surface area contributed by atoms with Gasteiger partial charge in [0.1, 0.15) is 17.1 Å². The zero-order chi connectivity index (χ0) is 57.8. The SMILES string of the molecule is Cc1cc(N=Nc2cc(C)c(N=Nc3cc(C)c(N=Nc4ccc5cc(Nc6ccccc6)ccc5c4O)cc3C)cc2C)c(OCCCS(=O)(=O)O)cc1N=Nc1ccc2ccccc2c1.O=S(=O)=O.O=S(=O)=O.O=S(=O)=O. The summed E-state index contributed by atoms with van der Waals surface area (Å²) in [5, 5.41) is 54.4. The molecule has 27 heteroatoms. The molecule has 0 amide bonds. The molecule has 0 aliphatic rings. The second-order valence-electron chi connectivity index (χ2n) is 16.7. The van der Waals surface area contributed by atoms with E-state index >= 15 is 0 Å². The number of azo groups is 4. The Hall–Kier alpha value is -9.15. The Morgan fingerprint density at radius 1 is 0.443 bits per heavy atom. The lowest BCUT2D eigenvalue weighted by atomic mass is 10.1. The minimum absolute atomic E-state index is 0.00161. The molecule has 8 rings (SSSR count). The Bertz CT molecular complexity index is 4060. The first-order valence-electron chi connectivity index (χ1n) is 22.9. The second-order valence-corrected chi connectivity index (χ2v) is 19.5. The molecule has 0 aliphatic carbocycles. The molecule has 0 radical (unpaired) electrons. The maximum absolute atomic E-state index is 11.4. The van der Waals surface area contributed by atoms with Gasteiger partial charge in [-0.15, -0.1) is 48.1 Å². The third kappa shape index (κ3) is 19.7. The van der Waals surface area contributed by atoms with Gasteiger partial charge in [0.25, 0.3) is 10.1 Å². The van der Waals surface area contributed by atoms with Gasteiger partial charge in [0, 0.05) is 22.8 Å². The van der Waals surface area contributed by atoms with E-state index in [0.29, 0.717) is 56.6 Å². The molecule has 0 saturated carbocycles.